The van der Waals surface area contributed by atoms with Crippen LogP contribution in [0.25, 0.3) is 11.0 Å². The van der Waals surface area contributed by atoms with Gasteiger partial charge in [-0.15, -0.1) is 0 Å². The molecule has 2 N–H and O–H groups in total. The molecule has 5 heteroatoms. The fourth-order valence-electron chi connectivity index (χ4n) is 3.10. The Hall–Kier alpha value is -2.56. The van der Waals surface area contributed by atoms with E-state index in [0.29, 0.717) is 5.56 Å². The largest absolute Gasteiger partial charge is 0.367 e. The number of nitrogens with zero attached hydrogens (tertiary/aromatic N) is 2. The van der Waals surface area contributed by atoms with Gasteiger partial charge in [-0.3, -0.25) is 4.79 Å². The van der Waals surface area contributed by atoms with Crippen LogP contribution in [0.2, 0.25) is 0 Å². The molecule has 0 bridgehead atoms. The molecule has 1 amide bonds. The molecule has 1 aliphatic heterocycles. The number of fused-ring (bicyclic) bond motifs is 3. The minimum atomic E-state index is -0.110. The number of nitrogens with one attached hydrogen (secondary N) is 2. The van der Waals surface area contributed by atoms with Crippen LogP contribution in [0.3, 0.4) is 0 Å². The molecule has 0 unspecified atom stereocenters. The number of benzene rings is 1. The number of carbonyl (C=O) groups excluding carboxylic acids is 1. The van der Waals surface area contributed by atoms with E-state index in [1.807, 2.05) is 12.1 Å². The smallest absolute Gasteiger partial charge is 0.257 e. The zero-order valence-corrected chi connectivity index (χ0v) is 12.3. The third-order valence-electron chi connectivity index (χ3n) is 4.23. The molecule has 0 spiro atoms. The number of hydrogen-bond acceptors (Lipinski definition) is 2. The van der Waals surface area contributed by atoms with E-state index in [-0.39, 0.29) is 5.91 Å². The van der Waals surface area contributed by atoms with Crippen LogP contribution in [0.1, 0.15) is 35.4 Å². The highest BCUT2D eigenvalue weighted by atomic mass is 16.1. The Kier molecular flexibility index (Phi) is 3.18. The predicted molar refractivity (Wildman–Crippen MR) is 86.0 cm³/mol. The summed E-state index contributed by atoms with van der Waals surface area (Å²) in [6.07, 6.45) is 8.16. The van der Waals surface area contributed by atoms with Crippen molar-refractivity contribution in [2.45, 2.75) is 32.2 Å². The van der Waals surface area contributed by atoms with E-state index in [2.05, 4.69) is 20.9 Å². The molecule has 0 radical (unpaired) electrons. The van der Waals surface area contributed by atoms with E-state index < -0.39 is 0 Å². The van der Waals surface area contributed by atoms with Crippen LogP contribution in [0.15, 0.2) is 36.7 Å². The molecule has 3 heterocycles. The van der Waals surface area contributed by atoms with Gasteiger partial charge in [0.2, 0.25) is 0 Å². The third kappa shape index (κ3) is 2.28. The summed E-state index contributed by atoms with van der Waals surface area (Å²) >= 11 is 0. The van der Waals surface area contributed by atoms with Crippen molar-refractivity contribution in [3.05, 3.63) is 48.0 Å². The highest BCUT2D eigenvalue weighted by molar-refractivity contribution is 6.04. The summed E-state index contributed by atoms with van der Waals surface area (Å²) in [5.41, 5.74) is 3.54. The lowest BCUT2D eigenvalue weighted by Crippen LogP contribution is -2.10. The first-order valence-electron chi connectivity index (χ1n) is 7.74. The lowest BCUT2D eigenvalue weighted by atomic mass is 10.2. The first-order chi connectivity index (χ1) is 10.8. The van der Waals surface area contributed by atoms with Gasteiger partial charge in [0, 0.05) is 31.0 Å². The summed E-state index contributed by atoms with van der Waals surface area (Å²) in [4.78, 5) is 19.7. The fourth-order valence-corrected chi connectivity index (χ4v) is 3.10. The Morgan fingerprint density at radius 3 is 3.05 bits per heavy atom. The summed E-state index contributed by atoms with van der Waals surface area (Å²) in [5.74, 6) is 1.06. The Bertz CT molecular complexity index is 817. The Morgan fingerprint density at radius 1 is 1.23 bits per heavy atom. The summed E-state index contributed by atoms with van der Waals surface area (Å²) < 4.78 is 2.32. The van der Waals surface area contributed by atoms with Gasteiger partial charge in [-0.25, -0.2) is 4.98 Å². The molecule has 3 aromatic rings. The molecular formula is C17H18N4O. The van der Waals surface area contributed by atoms with Crippen LogP contribution in [0.4, 0.5) is 5.69 Å². The molecule has 2 aromatic heterocycles. The summed E-state index contributed by atoms with van der Waals surface area (Å²) in [6, 6.07) is 7.73. The fraction of sp³-hybridized carbons (Fsp3) is 0.294. The maximum Gasteiger partial charge on any atom is 0.257 e. The average molecular weight is 294 g/mol. The number of aromatic amines is 1. The maximum atomic E-state index is 12.1. The Labute approximate surface area is 128 Å². The molecule has 1 aromatic carbocycles. The quantitative estimate of drug-likeness (QED) is 0.761. The van der Waals surface area contributed by atoms with E-state index >= 15 is 0 Å². The van der Waals surface area contributed by atoms with Crippen LogP contribution >= 0.6 is 0 Å². The minimum absolute atomic E-state index is 0.110. The van der Waals surface area contributed by atoms with Crippen LogP contribution in [-0.4, -0.2) is 20.4 Å². The van der Waals surface area contributed by atoms with Crippen LogP contribution in [-0.2, 0) is 13.0 Å². The van der Waals surface area contributed by atoms with E-state index in [4.69, 9.17) is 4.98 Å². The standard InChI is InChI=1S/C17H18N4O/c22-17(12-7-8-18-11-12)19-13-5-6-15-14(10-13)20-16-4-2-1-3-9-21(15)16/h5-8,10-11,18H,1-4,9H2,(H,19,22). The van der Waals surface area contributed by atoms with Crippen molar-refractivity contribution < 1.29 is 4.79 Å². The number of aryl methyl sites for hydroxylation is 2. The second-order valence-electron chi connectivity index (χ2n) is 5.75. The Balaban J connectivity index is 1.65. The second kappa shape index (κ2) is 5.33. The molecular weight excluding hydrogens is 276 g/mol. The number of H-pyrrole nitrogens is 1. The molecule has 0 saturated heterocycles. The number of imidazole rings is 1. The van der Waals surface area contributed by atoms with Gasteiger partial charge in [0.15, 0.2) is 0 Å². The maximum absolute atomic E-state index is 12.1. The van der Waals surface area contributed by atoms with Gasteiger partial charge < -0.3 is 14.9 Å². The van der Waals surface area contributed by atoms with E-state index in [9.17, 15) is 4.79 Å². The van der Waals surface area contributed by atoms with Crippen LogP contribution in [0, 0.1) is 0 Å². The van der Waals surface area contributed by atoms with Gasteiger partial charge in [-0.05, 0) is 37.1 Å². The van der Waals surface area contributed by atoms with Gasteiger partial charge in [0.25, 0.3) is 5.91 Å². The molecule has 4 rings (SSSR count). The number of rotatable bonds is 2. The van der Waals surface area contributed by atoms with Crippen molar-refractivity contribution in [1.82, 2.24) is 14.5 Å². The SMILES string of the molecule is O=C(Nc1ccc2c(c1)nc1n2CCCCC1)c1cc[nH]c1. The Morgan fingerprint density at radius 2 is 2.18 bits per heavy atom. The lowest BCUT2D eigenvalue weighted by Gasteiger charge is -2.06. The zero-order valence-electron chi connectivity index (χ0n) is 12.3. The van der Waals surface area contributed by atoms with Gasteiger partial charge in [0.1, 0.15) is 5.82 Å². The zero-order chi connectivity index (χ0) is 14.9. The number of aromatic nitrogens is 3. The molecule has 0 saturated carbocycles. The molecule has 22 heavy (non-hydrogen) atoms. The third-order valence-corrected chi connectivity index (χ3v) is 4.23. The second-order valence-corrected chi connectivity index (χ2v) is 5.75. The van der Waals surface area contributed by atoms with Crippen molar-refractivity contribution in [3.8, 4) is 0 Å². The first kappa shape index (κ1) is 13.1. The molecule has 0 fully saturated rings. The summed E-state index contributed by atoms with van der Waals surface area (Å²) in [7, 11) is 0. The summed E-state index contributed by atoms with van der Waals surface area (Å²) in [5, 5.41) is 2.92. The number of amides is 1. The highest BCUT2D eigenvalue weighted by Crippen LogP contribution is 2.24. The lowest BCUT2D eigenvalue weighted by molar-refractivity contribution is 0.102. The van der Waals surface area contributed by atoms with Gasteiger partial charge in [-0.1, -0.05) is 6.42 Å². The monoisotopic (exact) mass is 294 g/mol. The molecule has 5 nitrogen and oxygen atoms in total. The van der Waals surface area contributed by atoms with Gasteiger partial charge >= 0.3 is 0 Å². The summed E-state index contributed by atoms with van der Waals surface area (Å²) in [6.45, 7) is 1.04. The number of anilines is 1. The van der Waals surface area contributed by atoms with Crippen molar-refractivity contribution in [3.63, 3.8) is 0 Å². The van der Waals surface area contributed by atoms with Gasteiger partial charge in [-0.2, -0.15) is 0 Å². The molecule has 0 aliphatic carbocycles. The van der Waals surface area contributed by atoms with Crippen LogP contribution < -0.4 is 5.32 Å². The van der Waals surface area contributed by atoms with Crippen molar-refractivity contribution in [1.29, 1.82) is 0 Å². The molecule has 1 aliphatic rings. The van der Waals surface area contributed by atoms with Gasteiger partial charge in [0.05, 0.1) is 16.6 Å². The van der Waals surface area contributed by atoms with E-state index in [1.54, 1.807) is 18.5 Å². The minimum Gasteiger partial charge on any atom is -0.367 e. The number of carbonyl (C=O) groups is 1. The van der Waals surface area contributed by atoms with Crippen molar-refractivity contribution >= 4 is 22.6 Å². The van der Waals surface area contributed by atoms with Crippen molar-refractivity contribution in [2.75, 3.05) is 5.32 Å². The van der Waals surface area contributed by atoms with E-state index in [1.165, 1.54) is 25.1 Å². The highest BCUT2D eigenvalue weighted by Gasteiger charge is 2.14. The normalized spacial score (nSPS) is 14.5. The van der Waals surface area contributed by atoms with E-state index in [0.717, 1.165) is 29.7 Å². The predicted octanol–water partition coefficient (Wildman–Crippen LogP) is 3.34. The topological polar surface area (TPSA) is 62.7 Å². The van der Waals surface area contributed by atoms with Crippen LogP contribution in [0.5, 0.6) is 0 Å². The number of hydrogen-bond donors (Lipinski definition) is 2. The molecule has 112 valence electrons. The van der Waals surface area contributed by atoms with Crippen molar-refractivity contribution in [2.24, 2.45) is 0 Å². The average Bonchev–Trinajstić information content (AvgIpc) is 3.10. The molecule has 0 atom stereocenters. The first-order valence-corrected chi connectivity index (χ1v) is 7.74.